The third-order valence-corrected chi connectivity index (χ3v) is 4.44. The Kier molecular flexibility index (Phi) is 5.33. The van der Waals surface area contributed by atoms with E-state index < -0.39 is 12.1 Å². The van der Waals surface area contributed by atoms with Crippen LogP contribution in [0.25, 0.3) is 0 Å². The summed E-state index contributed by atoms with van der Waals surface area (Å²) in [6, 6.07) is 11.2. The first-order valence-electron chi connectivity index (χ1n) is 8.33. The molecule has 1 aliphatic carbocycles. The molecule has 132 valence electrons. The van der Waals surface area contributed by atoms with Gasteiger partial charge >= 0.3 is 6.09 Å². The van der Waals surface area contributed by atoms with Crippen LogP contribution in [0.1, 0.15) is 24.4 Å². The van der Waals surface area contributed by atoms with Crippen molar-refractivity contribution in [2.45, 2.75) is 37.4 Å². The maximum atomic E-state index is 12.6. The number of benzene rings is 1. The summed E-state index contributed by atoms with van der Waals surface area (Å²) in [5, 5.41) is 9.85. The van der Waals surface area contributed by atoms with Crippen LogP contribution < -0.4 is 10.6 Å². The number of hydrogen-bond acceptors (Lipinski definition) is 4. The van der Waals surface area contributed by atoms with Crippen molar-refractivity contribution < 1.29 is 14.3 Å². The zero-order valence-corrected chi connectivity index (χ0v) is 14.1. The van der Waals surface area contributed by atoms with E-state index in [0.29, 0.717) is 12.5 Å². The number of nitrogens with zero attached hydrogens (tertiary/aromatic N) is 2. The Morgan fingerprint density at radius 2 is 2.04 bits per heavy atom. The molecule has 0 radical (unpaired) electrons. The number of nitrogens with one attached hydrogen (secondary N) is 2. The van der Waals surface area contributed by atoms with Gasteiger partial charge in [0.15, 0.2) is 0 Å². The van der Waals surface area contributed by atoms with Crippen LogP contribution in [0.3, 0.4) is 0 Å². The number of hydrogen-bond donors (Lipinski definition) is 2. The van der Waals surface area contributed by atoms with E-state index in [-0.39, 0.29) is 11.9 Å². The third kappa shape index (κ3) is 4.37. The fourth-order valence-corrected chi connectivity index (χ4v) is 2.98. The highest BCUT2D eigenvalue weighted by atomic mass is 16.5. The molecule has 25 heavy (non-hydrogen) atoms. The fraction of sp³-hybridized carbons (Fsp3) is 0.389. The zero-order valence-electron chi connectivity index (χ0n) is 14.1. The molecular formula is C18H22N4O3. The maximum Gasteiger partial charge on any atom is 0.407 e. The minimum absolute atomic E-state index is 0.0967. The maximum absolute atomic E-state index is 12.6. The monoisotopic (exact) mass is 342 g/mol. The van der Waals surface area contributed by atoms with E-state index >= 15 is 0 Å². The molecule has 0 spiro atoms. The summed E-state index contributed by atoms with van der Waals surface area (Å²) in [6.45, 7) is 0. The SMILES string of the molecule is COC(=O)NC(Cc1ccccc1)C(=O)NC1CC(n2cccn2)C1. The Labute approximate surface area is 146 Å². The Balaban J connectivity index is 1.56. The molecule has 1 fully saturated rings. The van der Waals surface area contributed by atoms with Crippen LogP contribution in [0.2, 0.25) is 0 Å². The summed E-state index contributed by atoms with van der Waals surface area (Å²) < 4.78 is 6.55. The first kappa shape index (κ1) is 17.0. The molecule has 1 aliphatic rings. The number of aromatic nitrogens is 2. The van der Waals surface area contributed by atoms with E-state index in [0.717, 1.165) is 18.4 Å². The van der Waals surface area contributed by atoms with Crippen molar-refractivity contribution in [3.05, 3.63) is 54.4 Å². The fourth-order valence-electron chi connectivity index (χ4n) is 2.98. The van der Waals surface area contributed by atoms with Crippen molar-refractivity contribution in [3.8, 4) is 0 Å². The second-order valence-electron chi connectivity index (χ2n) is 6.20. The van der Waals surface area contributed by atoms with Gasteiger partial charge in [0.25, 0.3) is 0 Å². The van der Waals surface area contributed by atoms with E-state index in [2.05, 4.69) is 20.5 Å². The predicted molar refractivity (Wildman–Crippen MR) is 91.9 cm³/mol. The molecule has 2 aromatic rings. The van der Waals surface area contributed by atoms with Gasteiger partial charge < -0.3 is 15.4 Å². The van der Waals surface area contributed by atoms with Crippen LogP contribution in [0.4, 0.5) is 4.79 Å². The van der Waals surface area contributed by atoms with Crippen molar-refractivity contribution >= 4 is 12.0 Å². The minimum Gasteiger partial charge on any atom is -0.453 e. The molecule has 7 nitrogen and oxygen atoms in total. The Hall–Kier alpha value is -2.83. The standard InChI is InChI=1S/C18H22N4O3/c1-25-18(24)21-16(10-13-6-3-2-4-7-13)17(23)20-14-11-15(12-14)22-9-5-8-19-22/h2-9,14-16H,10-12H2,1H3,(H,20,23)(H,21,24). The molecule has 1 saturated carbocycles. The smallest absolute Gasteiger partial charge is 0.407 e. The van der Waals surface area contributed by atoms with E-state index in [9.17, 15) is 9.59 Å². The normalized spacial score (nSPS) is 20.2. The first-order chi connectivity index (χ1) is 12.2. The topological polar surface area (TPSA) is 85.2 Å². The van der Waals surface area contributed by atoms with Crippen molar-refractivity contribution in [3.63, 3.8) is 0 Å². The van der Waals surface area contributed by atoms with E-state index in [1.807, 2.05) is 47.3 Å². The van der Waals surface area contributed by atoms with Gasteiger partial charge in [-0.2, -0.15) is 5.10 Å². The van der Waals surface area contributed by atoms with Gasteiger partial charge in [-0.3, -0.25) is 9.48 Å². The molecule has 2 N–H and O–H groups in total. The molecule has 7 heteroatoms. The number of carbonyl (C=O) groups excluding carboxylic acids is 2. The van der Waals surface area contributed by atoms with Crippen LogP contribution >= 0.6 is 0 Å². The molecule has 0 bridgehead atoms. The molecular weight excluding hydrogens is 320 g/mol. The lowest BCUT2D eigenvalue weighted by molar-refractivity contribution is -0.124. The van der Waals surface area contributed by atoms with Gasteiger partial charge in [0.2, 0.25) is 5.91 Å². The quantitative estimate of drug-likeness (QED) is 0.836. The summed E-state index contributed by atoms with van der Waals surface area (Å²) in [7, 11) is 1.29. The van der Waals surface area contributed by atoms with Gasteiger partial charge in [0, 0.05) is 24.9 Å². The number of rotatable bonds is 6. The van der Waals surface area contributed by atoms with Crippen molar-refractivity contribution in [2.24, 2.45) is 0 Å². The van der Waals surface area contributed by atoms with Crippen LogP contribution in [0, 0.1) is 0 Å². The number of alkyl carbamates (subject to hydrolysis) is 1. The largest absolute Gasteiger partial charge is 0.453 e. The number of amides is 2. The molecule has 3 rings (SSSR count). The second-order valence-corrected chi connectivity index (χ2v) is 6.20. The molecule has 1 aromatic heterocycles. The predicted octanol–water partition coefficient (Wildman–Crippen LogP) is 1.67. The lowest BCUT2D eigenvalue weighted by atomic mass is 9.86. The molecule has 1 heterocycles. The molecule has 0 saturated heterocycles. The van der Waals surface area contributed by atoms with Gasteiger partial charge in [0.1, 0.15) is 6.04 Å². The summed E-state index contributed by atoms with van der Waals surface area (Å²) in [5.74, 6) is -0.196. The highest BCUT2D eigenvalue weighted by Gasteiger charge is 2.33. The summed E-state index contributed by atoms with van der Waals surface area (Å²) >= 11 is 0. The summed E-state index contributed by atoms with van der Waals surface area (Å²) in [4.78, 5) is 24.2. The van der Waals surface area contributed by atoms with Crippen molar-refractivity contribution in [1.82, 2.24) is 20.4 Å². The van der Waals surface area contributed by atoms with E-state index in [1.165, 1.54) is 7.11 Å². The molecule has 1 unspecified atom stereocenters. The number of methoxy groups -OCH3 is 1. The second kappa shape index (κ2) is 7.83. The number of carbonyl (C=O) groups is 2. The van der Waals surface area contributed by atoms with Crippen LogP contribution in [-0.2, 0) is 16.0 Å². The third-order valence-electron chi connectivity index (χ3n) is 4.44. The molecule has 2 amide bonds. The molecule has 1 atom stereocenters. The molecule has 1 aromatic carbocycles. The average molecular weight is 342 g/mol. The van der Waals surface area contributed by atoms with Gasteiger partial charge in [-0.25, -0.2) is 4.79 Å². The Morgan fingerprint density at radius 1 is 1.28 bits per heavy atom. The van der Waals surface area contributed by atoms with Crippen molar-refractivity contribution in [2.75, 3.05) is 7.11 Å². The zero-order chi connectivity index (χ0) is 17.6. The van der Waals surface area contributed by atoms with E-state index in [4.69, 9.17) is 0 Å². The summed E-state index contributed by atoms with van der Waals surface area (Å²) in [5.41, 5.74) is 0.974. The van der Waals surface area contributed by atoms with E-state index in [1.54, 1.807) is 6.20 Å². The Bertz CT molecular complexity index is 696. The lowest BCUT2D eigenvalue weighted by Gasteiger charge is -2.36. The van der Waals surface area contributed by atoms with Crippen LogP contribution in [-0.4, -0.2) is 41.0 Å². The lowest BCUT2D eigenvalue weighted by Crippen LogP contribution is -2.53. The highest BCUT2D eigenvalue weighted by Crippen LogP contribution is 2.31. The molecule has 0 aliphatic heterocycles. The first-order valence-corrected chi connectivity index (χ1v) is 8.33. The average Bonchev–Trinajstić information content (AvgIpc) is 3.11. The highest BCUT2D eigenvalue weighted by molar-refractivity contribution is 5.86. The Morgan fingerprint density at radius 3 is 2.68 bits per heavy atom. The van der Waals surface area contributed by atoms with Gasteiger partial charge in [0.05, 0.1) is 13.2 Å². The van der Waals surface area contributed by atoms with Crippen LogP contribution in [0.5, 0.6) is 0 Å². The van der Waals surface area contributed by atoms with Gasteiger partial charge in [-0.05, 0) is 24.5 Å². The van der Waals surface area contributed by atoms with Gasteiger partial charge in [-0.15, -0.1) is 0 Å². The minimum atomic E-state index is -0.668. The number of ether oxygens (including phenoxy) is 1. The van der Waals surface area contributed by atoms with Crippen LogP contribution in [0.15, 0.2) is 48.8 Å². The van der Waals surface area contributed by atoms with Crippen molar-refractivity contribution in [1.29, 1.82) is 0 Å². The summed E-state index contributed by atoms with van der Waals surface area (Å²) in [6.07, 6.45) is 5.16. The van der Waals surface area contributed by atoms with Gasteiger partial charge in [-0.1, -0.05) is 30.3 Å².